The Labute approximate surface area is 191 Å². The third-order valence-electron chi connectivity index (χ3n) is 4.36. The number of nitrogens with one attached hydrogen (secondary N) is 1. The van der Waals surface area contributed by atoms with Crippen LogP contribution in [0.1, 0.15) is 25.3 Å². The van der Waals surface area contributed by atoms with Gasteiger partial charge >= 0.3 is 0 Å². The molecule has 9 heteroatoms. The molecule has 0 saturated carbocycles. The Morgan fingerprint density at radius 1 is 1.12 bits per heavy atom. The largest absolute Gasteiger partial charge is 0.494 e. The number of nitrogens with zero attached hydrogens (tertiary/aromatic N) is 1. The first kappa shape index (κ1) is 23.9. The molecule has 0 radical (unpaired) electrons. The lowest BCUT2D eigenvalue weighted by molar-refractivity contribution is 0.308. The highest BCUT2D eigenvalue weighted by molar-refractivity contribution is 7.89. The van der Waals surface area contributed by atoms with Crippen molar-refractivity contribution in [1.82, 2.24) is 4.98 Å². The molecule has 1 aromatic heterocycles. The molecule has 0 aliphatic carbocycles. The summed E-state index contributed by atoms with van der Waals surface area (Å²) in [6.45, 7) is 3.03. The van der Waals surface area contributed by atoms with E-state index in [1.54, 1.807) is 49.4 Å². The van der Waals surface area contributed by atoms with Crippen LogP contribution in [0, 0.1) is 5.82 Å². The molecule has 0 atom stereocenters. The van der Waals surface area contributed by atoms with Crippen LogP contribution in [0.2, 0.25) is 0 Å². The van der Waals surface area contributed by atoms with E-state index >= 15 is 0 Å². The van der Waals surface area contributed by atoms with E-state index < -0.39 is 10.1 Å². The Morgan fingerprint density at radius 3 is 2.66 bits per heavy atom. The fourth-order valence-corrected chi connectivity index (χ4v) is 4.27. The molecule has 0 aliphatic heterocycles. The van der Waals surface area contributed by atoms with Crippen LogP contribution in [0.25, 0.3) is 17.3 Å². The van der Waals surface area contributed by atoms with E-state index in [2.05, 4.69) is 14.5 Å². The lowest BCUT2D eigenvalue weighted by Gasteiger charge is -2.07. The minimum atomic E-state index is -3.64. The minimum absolute atomic E-state index is 0.105. The number of thiazole rings is 1. The summed E-state index contributed by atoms with van der Waals surface area (Å²) < 4.78 is 47.2. The smallest absolute Gasteiger partial charge is 0.290 e. The van der Waals surface area contributed by atoms with Crippen molar-refractivity contribution in [1.29, 1.82) is 0 Å². The van der Waals surface area contributed by atoms with Crippen LogP contribution in [0.15, 0.2) is 59.3 Å². The molecular formula is C23H25FN2O4S2. The van der Waals surface area contributed by atoms with Crippen LogP contribution < -0.4 is 10.1 Å². The average molecular weight is 477 g/mol. The summed E-state index contributed by atoms with van der Waals surface area (Å²) in [6, 6.07) is 13.8. The number of unbranched alkanes of at least 4 members (excludes halogenated alkanes) is 1. The van der Waals surface area contributed by atoms with Crippen LogP contribution >= 0.6 is 11.3 Å². The van der Waals surface area contributed by atoms with E-state index in [0.717, 1.165) is 41.2 Å². The molecule has 3 aromatic rings. The Kier molecular flexibility index (Phi) is 8.78. The maximum absolute atomic E-state index is 13.8. The summed E-state index contributed by atoms with van der Waals surface area (Å²) in [5.41, 5.74) is 1.87. The number of rotatable bonds is 12. The predicted octanol–water partition coefficient (Wildman–Crippen LogP) is 5.56. The summed E-state index contributed by atoms with van der Waals surface area (Å²) in [4.78, 5) is 4.44. The maximum atomic E-state index is 13.8. The van der Waals surface area contributed by atoms with Gasteiger partial charge in [-0.15, -0.1) is 11.3 Å². The third-order valence-corrected chi connectivity index (χ3v) is 6.19. The number of benzene rings is 2. The first-order chi connectivity index (χ1) is 15.5. The fourth-order valence-electron chi connectivity index (χ4n) is 2.80. The summed E-state index contributed by atoms with van der Waals surface area (Å²) in [5.74, 6) is 0.443. The van der Waals surface area contributed by atoms with E-state index in [1.165, 1.54) is 23.5 Å². The summed E-state index contributed by atoms with van der Waals surface area (Å²) >= 11 is 1.45. The molecule has 1 N–H and O–H groups in total. The lowest BCUT2D eigenvalue weighted by atomic mass is 10.2. The van der Waals surface area contributed by atoms with Crippen molar-refractivity contribution in [2.75, 3.05) is 25.1 Å². The van der Waals surface area contributed by atoms with Gasteiger partial charge in [0.15, 0.2) is 5.13 Å². The van der Waals surface area contributed by atoms with Gasteiger partial charge in [0, 0.05) is 17.5 Å². The zero-order valence-electron chi connectivity index (χ0n) is 17.7. The SMILES string of the molecule is CCOS(=O)(=O)/C=C/c1ccc(OCCCCNc2nc(-c3ccccc3F)cs2)cc1. The Bertz CT molecular complexity index is 1130. The maximum Gasteiger partial charge on any atom is 0.290 e. The van der Waals surface area contributed by atoms with Crippen LogP contribution in [0.3, 0.4) is 0 Å². The second-order valence-corrected chi connectivity index (χ2v) is 9.12. The van der Waals surface area contributed by atoms with Gasteiger partial charge in [0.1, 0.15) is 11.6 Å². The Hall–Kier alpha value is -2.75. The van der Waals surface area contributed by atoms with Crippen molar-refractivity contribution in [3.05, 3.63) is 70.7 Å². The van der Waals surface area contributed by atoms with Gasteiger partial charge in [-0.1, -0.05) is 24.3 Å². The van der Waals surface area contributed by atoms with Crippen LogP contribution in [0.5, 0.6) is 5.75 Å². The Morgan fingerprint density at radius 2 is 1.91 bits per heavy atom. The molecule has 170 valence electrons. The number of hydrogen-bond donors (Lipinski definition) is 1. The van der Waals surface area contributed by atoms with Gasteiger partial charge in [-0.2, -0.15) is 8.42 Å². The van der Waals surface area contributed by atoms with E-state index in [-0.39, 0.29) is 12.4 Å². The normalized spacial score (nSPS) is 11.7. The summed E-state index contributed by atoms with van der Waals surface area (Å²) in [6.07, 6.45) is 3.23. The first-order valence-electron chi connectivity index (χ1n) is 10.2. The minimum Gasteiger partial charge on any atom is -0.494 e. The molecule has 0 spiro atoms. The zero-order chi connectivity index (χ0) is 22.8. The average Bonchev–Trinajstić information content (AvgIpc) is 3.24. The van der Waals surface area contributed by atoms with Crippen LogP contribution in [-0.4, -0.2) is 33.2 Å². The van der Waals surface area contributed by atoms with Gasteiger partial charge in [-0.25, -0.2) is 9.37 Å². The molecule has 0 unspecified atom stereocenters. The number of anilines is 1. The van der Waals surface area contributed by atoms with Crippen molar-refractivity contribution in [3.63, 3.8) is 0 Å². The van der Waals surface area contributed by atoms with Crippen LogP contribution in [0.4, 0.5) is 9.52 Å². The summed E-state index contributed by atoms with van der Waals surface area (Å²) in [5, 5.41) is 6.91. The number of ether oxygens (including phenoxy) is 1. The molecule has 2 aromatic carbocycles. The molecule has 3 rings (SSSR count). The molecule has 0 amide bonds. The van der Waals surface area contributed by atoms with Gasteiger partial charge in [0.05, 0.1) is 24.3 Å². The van der Waals surface area contributed by atoms with E-state index in [0.29, 0.717) is 17.9 Å². The van der Waals surface area contributed by atoms with Crippen molar-refractivity contribution in [2.45, 2.75) is 19.8 Å². The van der Waals surface area contributed by atoms with Gasteiger partial charge in [0.25, 0.3) is 10.1 Å². The molecule has 6 nitrogen and oxygen atoms in total. The highest BCUT2D eigenvalue weighted by Gasteiger charge is 2.08. The van der Waals surface area contributed by atoms with E-state index in [1.807, 2.05) is 5.38 Å². The van der Waals surface area contributed by atoms with Crippen molar-refractivity contribution >= 4 is 32.7 Å². The van der Waals surface area contributed by atoms with Gasteiger partial charge in [-0.3, -0.25) is 4.18 Å². The lowest BCUT2D eigenvalue weighted by Crippen LogP contribution is -2.04. The van der Waals surface area contributed by atoms with E-state index in [4.69, 9.17) is 4.74 Å². The number of aromatic nitrogens is 1. The van der Waals surface area contributed by atoms with E-state index in [9.17, 15) is 12.8 Å². The molecule has 32 heavy (non-hydrogen) atoms. The van der Waals surface area contributed by atoms with Gasteiger partial charge in [0.2, 0.25) is 0 Å². The zero-order valence-corrected chi connectivity index (χ0v) is 19.3. The second-order valence-electron chi connectivity index (χ2n) is 6.77. The highest BCUT2D eigenvalue weighted by Crippen LogP contribution is 2.26. The van der Waals surface area contributed by atoms with Gasteiger partial charge < -0.3 is 10.1 Å². The number of hydrogen-bond acceptors (Lipinski definition) is 7. The molecule has 0 saturated heterocycles. The highest BCUT2D eigenvalue weighted by atomic mass is 32.2. The fraction of sp³-hybridized carbons (Fsp3) is 0.261. The quantitative estimate of drug-likeness (QED) is 0.273. The first-order valence-corrected chi connectivity index (χ1v) is 12.6. The molecule has 0 bridgehead atoms. The predicted molar refractivity (Wildman–Crippen MR) is 127 cm³/mol. The van der Waals surface area contributed by atoms with Crippen molar-refractivity contribution in [3.8, 4) is 17.0 Å². The molecule has 1 heterocycles. The van der Waals surface area contributed by atoms with Crippen molar-refractivity contribution in [2.24, 2.45) is 0 Å². The van der Waals surface area contributed by atoms with Crippen LogP contribution in [-0.2, 0) is 14.3 Å². The third kappa shape index (κ3) is 7.44. The number of halogens is 1. The second kappa shape index (κ2) is 11.8. The monoisotopic (exact) mass is 476 g/mol. The van der Waals surface area contributed by atoms with Crippen molar-refractivity contribution < 1.29 is 21.7 Å². The topological polar surface area (TPSA) is 77.5 Å². The molecular weight excluding hydrogens is 451 g/mol. The summed E-state index contributed by atoms with van der Waals surface area (Å²) in [7, 11) is -3.64. The van der Waals surface area contributed by atoms with Gasteiger partial charge in [-0.05, 0) is 55.7 Å². The Balaban J connectivity index is 1.36. The molecule has 0 fully saturated rings. The molecule has 0 aliphatic rings. The standard InChI is InChI=1S/C23H25FN2O4S2/c1-2-30-32(27,28)16-13-18-9-11-19(12-10-18)29-15-6-5-14-25-23-26-22(17-31-23)20-7-3-4-8-21(20)24/h3-4,7-13,16-17H,2,5-6,14-15H2,1H3,(H,25,26)/b16-13+.